The van der Waals surface area contributed by atoms with Gasteiger partial charge in [0, 0.05) is 5.41 Å². The van der Waals surface area contributed by atoms with Crippen molar-refractivity contribution in [2.24, 2.45) is 11.8 Å². The maximum atomic E-state index is 11.0. The number of hydrogen-bond acceptors (Lipinski definition) is 3. The molecular weight excluding hydrogens is 372 g/mol. The van der Waals surface area contributed by atoms with Crippen LogP contribution < -0.4 is 4.74 Å². The van der Waals surface area contributed by atoms with E-state index in [-0.39, 0.29) is 23.9 Å². The Morgan fingerprint density at radius 1 is 0.833 bits per heavy atom. The first-order valence-electron chi connectivity index (χ1n) is 11.3. The van der Waals surface area contributed by atoms with Crippen LogP contribution in [0.2, 0.25) is 0 Å². The highest BCUT2D eigenvalue weighted by molar-refractivity contribution is 5.47. The summed E-state index contributed by atoms with van der Waals surface area (Å²) < 4.78 is 6.12. The Hall–Kier alpha value is -2.00. The second-order valence-corrected chi connectivity index (χ2v) is 9.36. The van der Waals surface area contributed by atoms with E-state index in [2.05, 4.69) is 39.0 Å². The van der Waals surface area contributed by atoms with E-state index in [1.807, 2.05) is 46.8 Å². The number of aliphatic hydroxyl groups is 1. The summed E-state index contributed by atoms with van der Waals surface area (Å²) >= 11 is 0. The van der Waals surface area contributed by atoms with Gasteiger partial charge in [-0.3, -0.25) is 0 Å². The molecule has 3 heteroatoms. The van der Waals surface area contributed by atoms with Gasteiger partial charge in [-0.1, -0.05) is 65.8 Å². The van der Waals surface area contributed by atoms with Gasteiger partial charge in [0.25, 0.3) is 0 Å². The van der Waals surface area contributed by atoms with Gasteiger partial charge >= 0.3 is 0 Å². The second-order valence-electron chi connectivity index (χ2n) is 9.36. The van der Waals surface area contributed by atoms with Gasteiger partial charge < -0.3 is 14.9 Å². The largest absolute Gasteiger partial charge is 0.508 e. The highest BCUT2D eigenvalue weighted by Gasteiger charge is 2.36. The van der Waals surface area contributed by atoms with Crippen LogP contribution in [0.5, 0.6) is 11.5 Å². The van der Waals surface area contributed by atoms with Gasteiger partial charge in [0.15, 0.2) is 0 Å². The fourth-order valence-electron chi connectivity index (χ4n) is 4.49. The topological polar surface area (TPSA) is 49.7 Å². The van der Waals surface area contributed by atoms with Crippen molar-refractivity contribution >= 4 is 0 Å². The van der Waals surface area contributed by atoms with Crippen molar-refractivity contribution in [2.45, 2.75) is 79.2 Å². The lowest BCUT2D eigenvalue weighted by molar-refractivity contribution is -0.0786. The van der Waals surface area contributed by atoms with Crippen molar-refractivity contribution < 1.29 is 14.9 Å². The third kappa shape index (κ3) is 4.51. The third-order valence-corrected chi connectivity index (χ3v) is 7.14. The number of phenolic OH excluding ortho intramolecular Hbond substituents is 1. The van der Waals surface area contributed by atoms with Crippen LogP contribution in [0, 0.1) is 25.7 Å². The van der Waals surface area contributed by atoms with Crippen LogP contribution in [0.25, 0.3) is 0 Å². The van der Waals surface area contributed by atoms with E-state index in [9.17, 15) is 10.2 Å². The van der Waals surface area contributed by atoms with Crippen LogP contribution in [0.15, 0.2) is 36.4 Å². The molecule has 0 aliphatic heterocycles. The van der Waals surface area contributed by atoms with Crippen LogP contribution >= 0.6 is 0 Å². The Morgan fingerprint density at radius 3 is 1.77 bits per heavy atom. The maximum Gasteiger partial charge on any atom is 0.122 e. The lowest BCUT2D eigenvalue weighted by atomic mass is 9.70. The molecule has 0 heterocycles. The SMILES string of the molecule is CCC(CC)(c1ccc(O)c(C)c1)c1ccc(OCC(O)(C(C)C)C(C)C)c(C)c1. The minimum Gasteiger partial charge on any atom is -0.508 e. The third-order valence-electron chi connectivity index (χ3n) is 7.14. The molecule has 0 atom stereocenters. The first-order chi connectivity index (χ1) is 14.0. The molecular formula is C27H40O3. The quantitative estimate of drug-likeness (QED) is 0.492. The van der Waals surface area contributed by atoms with Gasteiger partial charge in [-0.05, 0) is 72.9 Å². The van der Waals surface area contributed by atoms with E-state index < -0.39 is 5.60 Å². The lowest BCUT2D eigenvalue weighted by Gasteiger charge is -2.36. The van der Waals surface area contributed by atoms with Crippen LogP contribution in [0.3, 0.4) is 0 Å². The molecule has 2 aromatic carbocycles. The zero-order valence-electron chi connectivity index (χ0n) is 20.0. The van der Waals surface area contributed by atoms with Gasteiger partial charge in [0.2, 0.25) is 0 Å². The van der Waals surface area contributed by atoms with Crippen molar-refractivity contribution in [1.29, 1.82) is 0 Å². The number of aromatic hydroxyl groups is 1. The van der Waals surface area contributed by atoms with Crippen molar-refractivity contribution in [3.8, 4) is 11.5 Å². The minimum absolute atomic E-state index is 0.113. The predicted octanol–water partition coefficient (Wildman–Crippen LogP) is 6.54. The molecule has 0 aliphatic rings. The standard InChI is InChI=1S/C27H40O3/c1-9-26(10-2,22-11-13-24(28)20(7)15-22)23-12-14-25(21(8)16-23)30-17-27(29,18(3)4)19(5)6/h11-16,18-19,28-29H,9-10,17H2,1-8H3. The minimum atomic E-state index is -0.856. The molecule has 166 valence electrons. The number of hydrogen-bond donors (Lipinski definition) is 2. The van der Waals surface area contributed by atoms with Gasteiger partial charge in [-0.25, -0.2) is 0 Å². The predicted molar refractivity (Wildman–Crippen MR) is 126 cm³/mol. The van der Waals surface area contributed by atoms with Crippen LogP contribution in [-0.2, 0) is 5.41 Å². The molecule has 0 saturated carbocycles. The fraction of sp³-hybridized carbons (Fsp3) is 0.556. The molecule has 2 aromatic rings. The number of rotatable bonds is 9. The van der Waals surface area contributed by atoms with Gasteiger partial charge in [0.05, 0.1) is 0 Å². The van der Waals surface area contributed by atoms with Crippen molar-refractivity contribution in [3.05, 3.63) is 58.7 Å². The molecule has 30 heavy (non-hydrogen) atoms. The molecule has 2 N–H and O–H groups in total. The van der Waals surface area contributed by atoms with Crippen LogP contribution in [0.1, 0.15) is 76.6 Å². The van der Waals surface area contributed by atoms with Gasteiger partial charge in [-0.2, -0.15) is 0 Å². The molecule has 0 aromatic heterocycles. The molecule has 0 radical (unpaired) electrons. The van der Waals surface area contributed by atoms with E-state index >= 15 is 0 Å². The zero-order chi connectivity index (χ0) is 22.7. The molecule has 3 nitrogen and oxygen atoms in total. The maximum absolute atomic E-state index is 11.0. The Balaban J connectivity index is 2.39. The Kier molecular flexibility index (Phi) is 7.63. The summed E-state index contributed by atoms with van der Waals surface area (Å²) in [6.45, 7) is 16.9. The van der Waals surface area contributed by atoms with E-state index in [0.717, 1.165) is 29.7 Å². The second kappa shape index (κ2) is 9.43. The number of phenols is 1. The van der Waals surface area contributed by atoms with E-state index in [1.54, 1.807) is 6.07 Å². The summed E-state index contributed by atoms with van der Waals surface area (Å²) in [5.74, 6) is 1.38. The smallest absolute Gasteiger partial charge is 0.122 e. The molecule has 0 unspecified atom stereocenters. The van der Waals surface area contributed by atoms with Gasteiger partial charge in [-0.15, -0.1) is 0 Å². The molecule has 0 spiro atoms. The lowest BCUT2D eigenvalue weighted by Crippen LogP contribution is -2.46. The van der Waals surface area contributed by atoms with Crippen LogP contribution in [-0.4, -0.2) is 22.4 Å². The summed E-state index contributed by atoms with van der Waals surface area (Å²) in [4.78, 5) is 0. The monoisotopic (exact) mass is 412 g/mol. The average molecular weight is 413 g/mol. The summed E-state index contributed by atoms with van der Waals surface area (Å²) in [7, 11) is 0. The highest BCUT2D eigenvalue weighted by atomic mass is 16.5. The Bertz CT molecular complexity index is 839. The molecule has 0 bridgehead atoms. The summed E-state index contributed by atoms with van der Waals surface area (Å²) in [6.07, 6.45) is 1.93. The van der Waals surface area contributed by atoms with E-state index in [0.29, 0.717) is 5.75 Å². The zero-order valence-corrected chi connectivity index (χ0v) is 20.0. The first-order valence-corrected chi connectivity index (χ1v) is 11.3. The number of benzene rings is 2. The van der Waals surface area contributed by atoms with Crippen molar-refractivity contribution in [3.63, 3.8) is 0 Å². The van der Waals surface area contributed by atoms with E-state index in [1.165, 1.54) is 11.1 Å². The Morgan fingerprint density at radius 2 is 1.33 bits per heavy atom. The summed E-state index contributed by atoms with van der Waals surface area (Å²) in [5, 5.41) is 21.0. The molecule has 0 saturated heterocycles. The molecule has 2 rings (SSSR count). The van der Waals surface area contributed by atoms with Crippen molar-refractivity contribution in [1.82, 2.24) is 0 Å². The molecule has 0 amide bonds. The molecule has 0 fully saturated rings. The highest BCUT2D eigenvalue weighted by Crippen LogP contribution is 2.41. The summed E-state index contributed by atoms with van der Waals surface area (Å²) in [6, 6.07) is 12.4. The average Bonchev–Trinajstić information content (AvgIpc) is 2.70. The van der Waals surface area contributed by atoms with E-state index in [4.69, 9.17) is 4.74 Å². The number of aryl methyl sites for hydroxylation is 2. The normalized spacial score (nSPS) is 12.6. The summed E-state index contributed by atoms with van der Waals surface area (Å²) in [5.41, 5.74) is 3.49. The van der Waals surface area contributed by atoms with Gasteiger partial charge in [0.1, 0.15) is 23.7 Å². The van der Waals surface area contributed by atoms with Crippen LogP contribution in [0.4, 0.5) is 0 Å². The number of ether oxygens (including phenoxy) is 1. The van der Waals surface area contributed by atoms with Crippen molar-refractivity contribution in [2.75, 3.05) is 6.61 Å². The Labute approximate surface area is 183 Å². The molecule has 0 aliphatic carbocycles. The first kappa shape index (κ1) is 24.3. The fourth-order valence-corrected chi connectivity index (χ4v) is 4.49.